The van der Waals surface area contributed by atoms with Crippen LogP contribution in [0, 0.1) is 0 Å². The maximum atomic E-state index is 12.4. The standard InChI is InChI=1S/C17H13N5O2S2/c18-14-13(10-5-2-1-3-6-10)16(23)21-17(20-14)26-9-12-19-15(22-24-12)11-7-4-8-25-11/h1-8H,9H2,(H3,18,20,21,23). The molecule has 0 saturated carbocycles. The van der Waals surface area contributed by atoms with Gasteiger partial charge in [0.15, 0.2) is 5.16 Å². The molecule has 4 aromatic rings. The van der Waals surface area contributed by atoms with Crippen LogP contribution in [0.5, 0.6) is 0 Å². The third-order valence-corrected chi connectivity index (χ3v) is 5.25. The van der Waals surface area contributed by atoms with Gasteiger partial charge in [0.05, 0.1) is 16.2 Å². The lowest BCUT2D eigenvalue weighted by atomic mass is 10.1. The Labute approximate surface area is 156 Å². The Morgan fingerprint density at radius 1 is 1.15 bits per heavy atom. The van der Waals surface area contributed by atoms with Crippen LogP contribution in [0.4, 0.5) is 5.82 Å². The van der Waals surface area contributed by atoms with Gasteiger partial charge in [-0.05, 0) is 17.0 Å². The van der Waals surface area contributed by atoms with Crippen LogP contribution in [0.1, 0.15) is 5.89 Å². The number of aromatic nitrogens is 4. The quantitative estimate of drug-likeness (QED) is 0.401. The summed E-state index contributed by atoms with van der Waals surface area (Å²) in [5.74, 6) is 1.57. The fourth-order valence-electron chi connectivity index (χ4n) is 2.37. The number of H-pyrrole nitrogens is 1. The Hall–Kier alpha value is -2.91. The van der Waals surface area contributed by atoms with Gasteiger partial charge in [-0.25, -0.2) is 4.98 Å². The number of nitrogens with two attached hydrogens (primary N) is 1. The fraction of sp³-hybridized carbons (Fsp3) is 0.0588. The lowest BCUT2D eigenvalue weighted by Gasteiger charge is -2.06. The number of thiophene rings is 1. The minimum atomic E-state index is -0.281. The first kappa shape index (κ1) is 16.6. The largest absolute Gasteiger partial charge is 0.383 e. The summed E-state index contributed by atoms with van der Waals surface area (Å²) in [5, 5.41) is 6.31. The molecule has 0 fully saturated rings. The summed E-state index contributed by atoms with van der Waals surface area (Å²) < 4.78 is 5.24. The predicted octanol–water partition coefficient (Wildman–Crippen LogP) is 3.42. The van der Waals surface area contributed by atoms with Crippen molar-refractivity contribution in [2.45, 2.75) is 10.9 Å². The van der Waals surface area contributed by atoms with Crippen molar-refractivity contribution < 1.29 is 4.52 Å². The zero-order valence-corrected chi connectivity index (χ0v) is 15.0. The van der Waals surface area contributed by atoms with Gasteiger partial charge in [-0.1, -0.05) is 53.3 Å². The average Bonchev–Trinajstić information content (AvgIpc) is 3.32. The summed E-state index contributed by atoms with van der Waals surface area (Å²) in [6.45, 7) is 0. The summed E-state index contributed by atoms with van der Waals surface area (Å²) in [6.07, 6.45) is 0. The average molecular weight is 383 g/mol. The van der Waals surface area contributed by atoms with Crippen LogP contribution in [0.15, 0.2) is 62.3 Å². The van der Waals surface area contributed by atoms with Gasteiger partial charge in [-0.15, -0.1) is 11.3 Å². The van der Waals surface area contributed by atoms with E-state index in [0.29, 0.717) is 28.2 Å². The van der Waals surface area contributed by atoms with Crippen LogP contribution < -0.4 is 11.3 Å². The maximum Gasteiger partial charge on any atom is 0.261 e. The van der Waals surface area contributed by atoms with Crippen LogP contribution in [-0.2, 0) is 5.75 Å². The Bertz CT molecular complexity index is 1070. The molecule has 0 spiro atoms. The minimum absolute atomic E-state index is 0.187. The number of benzene rings is 1. The molecule has 1 aromatic carbocycles. The maximum absolute atomic E-state index is 12.4. The third kappa shape index (κ3) is 3.39. The second-order valence-electron chi connectivity index (χ2n) is 5.28. The Morgan fingerprint density at radius 3 is 2.73 bits per heavy atom. The summed E-state index contributed by atoms with van der Waals surface area (Å²) in [4.78, 5) is 24.7. The summed E-state index contributed by atoms with van der Waals surface area (Å²) >= 11 is 2.82. The molecule has 0 bridgehead atoms. The van der Waals surface area contributed by atoms with Gasteiger partial charge in [0.2, 0.25) is 11.7 Å². The molecule has 7 nitrogen and oxygen atoms in total. The first-order valence-electron chi connectivity index (χ1n) is 7.65. The first-order chi connectivity index (χ1) is 12.7. The van der Waals surface area contributed by atoms with E-state index in [0.717, 1.165) is 10.4 Å². The first-order valence-corrected chi connectivity index (χ1v) is 9.51. The predicted molar refractivity (Wildman–Crippen MR) is 102 cm³/mol. The molecule has 0 aliphatic carbocycles. The van der Waals surface area contributed by atoms with Crippen molar-refractivity contribution in [3.05, 3.63) is 64.1 Å². The number of nitrogens with one attached hydrogen (secondary N) is 1. The second-order valence-corrected chi connectivity index (χ2v) is 7.19. The van der Waals surface area contributed by atoms with Crippen molar-refractivity contribution >= 4 is 28.9 Å². The smallest absolute Gasteiger partial charge is 0.261 e. The highest BCUT2D eigenvalue weighted by Crippen LogP contribution is 2.25. The highest BCUT2D eigenvalue weighted by Gasteiger charge is 2.14. The molecular weight excluding hydrogens is 370 g/mol. The summed E-state index contributed by atoms with van der Waals surface area (Å²) in [6, 6.07) is 13.1. The van der Waals surface area contributed by atoms with Gasteiger partial charge in [-0.2, -0.15) is 4.98 Å². The molecule has 0 saturated heterocycles. The number of hydrogen-bond donors (Lipinski definition) is 2. The van der Waals surface area contributed by atoms with E-state index in [2.05, 4.69) is 20.1 Å². The molecule has 3 heterocycles. The highest BCUT2D eigenvalue weighted by atomic mass is 32.2. The van der Waals surface area contributed by atoms with E-state index in [9.17, 15) is 4.79 Å². The molecule has 3 aromatic heterocycles. The van der Waals surface area contributed by atoms with E-state index in [-0.39, 0.29) is 11.4 Å². The molecule has 0 radical (unpaired) electrons. The molecule has 0 aliphatic rings. The van der Waals surface area contributed by atoms with E-state index in [4.69, 9.17) is 10.3 Å². The molecule has 26 heavy (non-hydrogen) atoms. The molecule has 9 heteroatoms. The van der Waals surface area contributed by atoms with Crippen LogP contribution >= 0.6 is 23.1 Å². The van der Waals surface area contributed by atoms with Gasteiger partial charge >= 0.3 is 0 Å². The minimum Gasteiger partial charge on any atom is -0.383 e. The van der Waals surface area contributed by atoms with Crippen LogP contribution in [0.2, 0.25) is 0 Å². The van der Waals surface area contributed by atoms with Crippen LogP contribution in [0.3, 0.4) is 0 Å². The summed E-state index contributed by atoms with van der Waals surface area (Å²) in [7, 11) is 0. The van der Waals surface area contributed by atoms with Crippen molar-refractivity contribution in [1.82, 2.24) is 20.1 Å². The van der Waals surface area contributed by atoms with E-state index in [1.54, 1.807) is 0 Å². The Morgan fingerprint density at radius 2 is 2.00 bits per heavy atom. The molecular formula is C17H13N5O2S2. The number of anilines is 1. The normalized spacial score (nSPS) is 10.9. The monoisotopic (exact) mass is 383 g/mol. The van der Waals surface area contributed by atoms with Gasteiger partial charge in [-0.3, -0.25) is 4.79 Å². The number of aromatic amines is 1. The zero-order chi connectivity index (χ0) is 17.9. The van der Waals surface area contributed by atoms with E-state index < -0.39 is 0 Å². The SMILES string of the molecule is Nc1nc(SCc2nc(-c3cccs3)no2)[nH]c(=O)c1-c1ccccc1. The van der Waals surface area contributed by atoms with Crippen molar-refractivity contribution in [3.8, 4) is 21.8 Å². The van der Waals surface area contributed by atoms with Crippen LogP contribution in [0.25, 0.3) is 21.8 Å². The number of hydrogen-bond acceptors (Lipinski definition) is 8. The van der Waals surface area contributed by atoms with Gasteiger partial charge in [0.25, 0.3) is 5.56 Å². The van der Waals surface area contributed by atoms with E-state index in [1.165, 1.54) is 23.1 Å². The van der Waals surface area contributed by atoms with Gasteiger partial charge < -0.3 is 15.2 Å². The topological polar surface area (TPSA) is 111 Å². The van der Waals surface area contributed by atoms with Gasteiger partial charge in [0.1, 0.15) is 5.82 Å². The molecule has 0 atom stereocenters. The van der Waals surface area contributed by atoms with Crippen molar-refractivity contribution in [2.75, 3.05) is 5.73 Å². The number of nitrogen functional groups attached to an aromatic ring is 1. The zero-order valence-electron chi connectivity index (χ0n) is 13.4. The van der Waals surface area contributed by atoms with Gasteiger partial charge in [0, 0.05) is 0 Å². The second kappa shape index (κ2) is 7.14. The van der Waals surface area contributed by atoms with Crippen molar-refractivity contribution in [1.29, 1.82) is 0 Å². The van der Waals surface area contributed by atoms with Crippen molar-refractivity contribution in [2.24, 2.45) is 0 Å². The lowest BCUT2D eigenvalue weighted by Crippen LogP contribution is -2.15. The Kier molecular flexibility index (Phi) is 4.55. The number of nitrogens with zero attached hydrogens (tertiary/aromatic N) is 3. The Balaban J connectivity index is 1.52. The molecule has 0 amide bonds. The highest BCUT2D eigenvalue weighted by molar-refractivity contribution is 7.98. The van der Waals surface area contributed by atoms with E-state index in [1.807, 2.05) is 47.8 Å². The number of thioether (sulfide) groups is 1. The molecule has 3 N–H and O–H groups in total. The van der Waals surface area contributed by atoms with Crippen molar-refractivity contribution in [3.63, 3.8) is 0 Å². The third-order valence-electron chi connectivity index (χ3n) is 3.53. The van der Waals surface area contributed by atoms with Crippen LogP contribution in [-0.4, -0.2) is 20.1 Å². The number of rotatable bonds is 5. The van der Waals surface area contributed by atoms with E-state index >= 15 is 0 Å². The lowest BCUT2D eigenvalue weighted by molar-refractivity contribution is 0.391. The molecule has 0 aliphatic heterocycles. The molecule has 130 valence electrons. The molecule has 4 rings (SSSR count). The molecule has 0 unspecified atom stereocenters. The summed E-state index contributed by atoms with van der Waals surface area (Å²) in [5.41, 5.74) is 6.81. The fourth-order valence-corrected chi connectivity index (χ4v) is 3.73.